The number of nitrogens with one attached hydrogen (secondary N) is 1. The first-order valence-electron chi connectivity index (χ1n) is 7.08. The average molecular weight is 276 g/mol. The van der Waals surface area contributed by atoms with Gasteiger partial charge in [0.2, 0.25) is 0 Å². The Hall–Kier alpha value is -0.980. The predicted octanol–water partition coefficient (Wildman–Crippen LogP) is 3.94. The van der Waals surface area contributed by atoms with Gasteiger partial charge >= 0.3 is 0 Å². The van der Waals surface area contributed by atoms with Crippen molar-refractivity contribution < 1.29 is 0 Å². The van der Waals surface area contributed by atoms with Gasteiger partial charge in [-0.3, -0.25) is 5.32 Å². The Morgan fingerprint density at radius 3 is 2.53 bits per heavy atom. The zero-order valence-corrected chi connectivity index (χ0v) is 12.8. The van der Waals surface area contributed by atoms with Crippen molar-refractivity contribution in [2.75, 3.05) is 18.1 Å². The minimum absolute atomic E-state index is 0.549. The van der Waals surface area contributed by atoms with Crippen molar-refractivity contribution in [3.63, 3.8) is 0 Å². The molecule has 0 amide bonds. The minimum Gasteiger partial charge on any atom is -0.295 e. The summed E-state index contributed by atoms with van der Waals surface area (Å²) in [6.45, 7) is 5.07. The molecule has 0 aliphatic rings. The standard InChI is InChI=1S/C16H24N2S/c1-3-5-9-12-19-14-16(13-17,18-4-2)15-10-7-6-8-11-15/h6-8,10-11,18H,3-5,9,12,14H2,1-2H3. The van der Waals surface area contributed by atoms with E-state index in [0.717, 1.165) is 23.6 Å². The SMILES string of the molecule is CCCCCSCC(C#N)(NCC)c1ccccc1. The van der Waals surface area contributed by atoms with Crippen LogP contribution in [-0.2, 0) is 5.54 Å². The molecule has 1 atom stereocenters. The summed E-state index contributed by atoms with van der Waals surface area (Å²) in [5.41, 5.74) is 0.523. The van der Waals surface area contributed by atoms with Crippen molar-refractivity contribution in [2.45, 2.75) is 38.6 Å². The third-order valence-corrected chi connectivity index (χ3v) is 4.36. The lowest BCUT2D eigenvalue weighted by molar-refractivity contribution is 0.490. The Morgan fingerprint density at radius 2 is 1.95 bits per heavy atom. The van der Waals surface area contributed by atoms with E-state index in [2.05, 4.69) is 25.2 Å². The first-order chi connectivity index (χ1) is 9.29. The number of hydrogen-bond acceptors (Lipinski definition) is 3. The van der Waals surface area contributed by atoms with E-state index in [0.29, 0.717) is 0 Å². The van der Waals surface area contributed by atoms with Crippen LogP contribution in [0.15, 0.2) is 30.3 Å². The number of unbranched alkanes of at least 4 members (excludes halogenated alkanes) is 2. The summed E-state index contributed by atoms with van der Waals surface area (Å²) in [4.78, 5) is 0. The highest BCUT2D eigenvalue weighted by Gasteiger charge is 2.30. The van der Waals surface area contributed by atoms with Crippen LogP contribution in [0.4, 0.5) is 0 Å². The smallest absolute Gasteiger partial charge is 0.141 e. The van der Waals surface area contributed by atoms with Gasteiger partial charge in [0, 0.05) is 5.75 Å². The van der Waals surface area contributed by atoms with Crippen LogP contribution in [0.25, 0.3) is 0 Å². The van der Waals surface area contributed by atoms with Gasteiger partial charge in [0.1, 0.15) is 5.54 Å². The molecule has 0 fully saturated rings. The van der Waals surface area contributed by atoms with Gasteiger partial charge in [-0.1, -0.05) is 57.0 Å². The molecule has 0 bridgehead atoms. The lowest BCUT2D eigenvalue weighted by Crippen LogP contribution is -2.43. The lowest BCUT2D eigenvalue weighted by Gasteiger charge is -2.27. The molecule has 1 N–H and O–H groups in total. The molecular weight excluding hydrogens is 252 g/mol. The van der Waals surface area contributed by atoms with Gasteiger partial charge < -0.3 is 0 Å². The number of rotatable bonds is 9. The second-order valence-corrected chi connectivity index (χ2v) is 5.78. The van der Waals surface area contributed by atoms with Crippen LogP contribution in [-0.4, -0.2) is 18.1 Å². The van der Waals surface area contributed by atoms with Crippen LogP contribution < -0.4 is 5.32 Å². The number of nitriles is 1. The van der Waals surface area contributed by atoms with Gasteiger partial charge in [0.25, 0.3) is 0 Å². The molecule has 0 spiro atoms. The summed E-state index contributed by atoms with van der Waals surface area (Å²) in [7, 11) is 0. The normalized spacial score (nSPS) is 13.7. The van der Waals surface area contributed by atoms with Gasteiger partial charge in [0.05, 0.1) is 6.07 Å². The van der Waals surface area contributed by atoms with Gasteiger partial charge in [-0.15, -0.1) is 0 Å². The summed E-state index contributed by atoms with van der Waals surface area (Å²) >= 11 is 1.87. The van der Waals surface area contributed by atoms with E-state index in [4.69, 9.17) is 0 Å². The van der Waals surface area contributed by atoms with Gasteiger partial charge in [0.15, 0.2) is 0 Å². The van der Waals surface area contributed by atoms with Crippen molar-refractivity contribution in [2.24, 2.45) is 0 Å². The highest BCUT2D eigenvalue weighted by Crippen LogP contribution is 2.25. The van der Waals surface area contributed by atoms with Crippen molar-refractivity contribution in [3.8, 4) is 6.07 Å². The van der Waals surface area contributed by atoms with Crippen LogP contribution in [0.2, 0.25) is 0 Å². The quantitative estimate of drug-likeness (QED) is 0.694. The first kappa shape index (κ1) is 16.1. The summed E-state index contributed by atoms with van der Waals surface area (Å²) in [6.07, 6.45) is 3.76. The van der Waals surface area contributed by atoms with Crippen molar-refractivity contribution in [1.82, 2.24) is 5.32 Å². The third kappa shape index (κ3) is 4.89. The van der Waals surface area contributed by atoms with Gasteiger partial charge in [-0.25, -0.2) is 0 Å². The maximum Gasteiger partial charge on any atom is 0.141 e. The molecule has 3 heteroatoms. The molecule has 1 unspecified atom stereocenters. The highest BCUT2D eigenvalue weighted by atomic mass is 32.2. The van der Waals surface area contributed by atoms with E-state index in [1.807, 2.05) is 42.1 Å². The van der Waals surface area contributed by atoms with E-state index in [9.17, 15) is 5.26 Å². The van der Waals surface area contributed by atoms with Gasteiger partial charge in [-0.05, 0) is 24.3 Å². The molecule has 2 nitrogen and oxygen atoms in total. The second kappa shape index (κ2) is 9.01. The Balaban J connectivity index is 2.68. The number of hydrogen-bond donors (Lipinski definition) is 1. The Bertz CT molecular complexity index is 385. The molecule has 1 rings (SSSR count). The summed E-state index contributed by atoms with van der Waals surface area (Å²) in [6, 6.07) is 12.6. The van der Waals surface area contributed by atoms with Gasteiger partial charge in [-0.2, -0.15) is 17.0 Å². The summed E-state index contributed by atoms with van der Waals surface area (Å²) < 4.78 is 0. The molecule has 1 aromatic carbocycles. The van der Waals surface area contributed by atoms with Crippen molar-refractivity contribution in [1.29, 1.82) is 5.26 Å². The molecule has 0 aromatic heterocycles. The zero-order chi connectivity index (χ0) is 14.0. The van der Waals surface area contributed by atoms with E-state index >= 15 is 0 Å². The van der Waals surface area contributed by atoms with Crippen LogP contribution in [0.1, 0.15) is 38.7 Å². The van der Waals surface area contributed by atoms with E-state index < -0.39 is 5.54 Å². The zero-order valence-electron chi connectivity index (χ0n) is 12.0. The second-order valence-electron chi connectivity index (χ2n) is 4.67. The van der Waals surface area contributed by atoms with Crippen LogP contribution >= 0.6 is 11.8 Å². The summed E-state index contributed by atoms with van der Waals surface area (Å²) in [5, 5.41) is 13.0. The van der Waals surface area contributed by atoms with E-state index in [1.54, 1.807) is 0 Å². The first-order valence-corrected chi connectivity index (χ1v) is 8.24. The maximum atomic E-state index is 9.64. The lowest BCUT2D eigenvalue weighted by atomic mass is 9.93. The molecule has 0 saturated heterocycles. The van der Waals surface area contributed by atoms with E-state index in [1.165, 1.54) is 19.3 Å². The largest absolute Gasteiger partial charge is 0.295 e. The Labute approximate surface area is 121 Å². The van der Waals surface area contributed by atoms with E-state index in [-0.39, 0.29) is 0 Å². The predicted molar refractivity (Wildman–Crippen MR) is 84.3 cm³/mol. The Kier molecular flexibility index (Phi) is 7.62. The topological polar surface area (TPSA) is 35.8 Å². The number of thioether (sulfide) groups is 1. The number of nitrogens with zero attached hydrogens (tertiary/aromatic N) is 1. The minimum atomic E-state index is -0.549. The van der Waals surface area contributed by atoms with Crippen molar-refractivity contribution in [3.05, 3.63) is 35.9 Å². The number of benzene rings is 1. The fourth-order valence-electron chi connectivity index (χ4n) is 2.08. The molecule has 0 saturated carbocycles. The molecule has 0 aliphatic heterocycles. The molecule has 0 aliphatic carbocycles. The van der Waals surface area contributed by atoms with Crippen molar-refractivity contribution >= 4 is 11.8 Å². The molecular formula is C16H24N2S. The maximum absolute atomic E-state index is 9.64. The molecule has 1 aromatic rings. The molecule has 0 heterocycles. The third-order valence-electron chi connectivity index (χ3n) is 3.15. The monoisotopic (exact) mass is 276 g/mol. The molecule has 0 radical (unpaired) electrons. The highest BCUT2D eigenvalue weighted by molar-refractivity contribution is 7.99. The average Bonchev–Trinajstić information content (AvgIpc) is 2.47. The fraction of sp³-hybridized carbons (Fsp3) is 0.562. The fourth-order valence-corrected chi connectivity index (χ4v) is 3.27. The Morgan fingerprint density at radius 1 is 1.21 bits per heavy atom. The van der Waals surface area contributed by atoms with Crippen LogP contribution in [0, 0.1) is 11.3 Å². The van der Waals surface area contributed by atoms with Crippen LogP contribution in [0.5, 0.6) is 0 Å². The summed E-state index contributed by atoms with van der Waals surface area (Å²) in [5.74, 6) is 1.95. The van der Waals surface area contributed by atoms with Crippen LogP contribution in [0.3, 0.4) is 0 Å². The molecule has 19 heavy (non-hydrogen) atoms. The molecule has 104 valence electrons.